The summed E-state index contributed by atoms with van der Waals surface area (Å²) in [4.78, 5) is 4.93. The van der Waals surface area contributed by atoms with E-state index < -0.39 is 15.8 Å². The van der Waals surface area contributed by atoms with Crippen molar-refractivity contribution >= 4 is 15.7 Å². The van der Waals surface area contributed by atoms with Crippen molar-refractivity contribution in [2.45, 2.75) is 30.2 Å². The van der Waals surface area contributed by atoms with Gasteiger partial charge in [-0.15, -0.1) is 0 Å². The third-order valence-electron chi connectivity index (χ3n) is 6.32. The van der Waals surface area contributed by atoms with Crippen LogP contribution in [0.5, 0.6) is 5.75 Å². The Labute approximate surface area is 184 Å². The fourth-order valence-corrected chi connectivity index (χ4v) is 6.31. The van der Waals surface area contributed by atoms with Crippen molar-refractivity contribution < 1.29 is 17.5 Å². The van der Waals surface area contributed by atoms with Gasteiger partial charge < -0.3 is 9.64 Å². The van der Waals surface area contributed by atoms with Crippen LogP contribution in [0.3, 0.4) is 0 Å². The van der Waals surface area contributed by atoms with Crippen molar-refractivity contribution in [3.05, 3.63) is 54.3 Å². The van der Waals surface area contributed by atoms with Crippen LogP contribution in [0.25, 0.3) is 0 Å². The number of piperazine rings is 1. The summed E-state index contributed by atoms with van der Waals surface area (Å²) in [6.45, 7) is 5.13. The molecule has 0 N–H and O–H groups in total. The Bertz CT molecular complexity index is 976. The van der Waals surface area contributed by atoms with Crippen molar-refractivity contribution in [3.63, 3.8) is 0 Å². The standard InChI is InChI=1S/C23H30FN3O3S/c1-30-23-7-3-2-6-22(23)26-17-15-25(16-18-26)14-12-20-5-4-13-27(20)31(28,29)21-10-8-19(24)9-11-21/h2-3,6-11,20H,4-5,12-18H2,1H3/t20-/m1/s1. The average Bonchev–Trinajstić information content (AvgIpc) is 3.28. The Morgan fingerprint density at radius 1 is 1.00 bits per heavy atom. The lowest BCUT2D eigenvalue weighted by Gasteiger charge is -2.37. The Kier molecular flexibility index (Phi) is 6.79. The SMILES string of the molecule is COc1ccccc1N1CCN(CC[C@H]2CCCN2S(=O)(=O)c2ccc(F)cc2)CC1. The molecule has 2 aliphatic heterocycles. The molecule has 2 aliphatic rings. The van der Waals surface area contributed by atoms with Crippen LogP contribution in [0.1, 0.15) is 19.3 Å². The van der Waals surface area contributed by atoms with E-state index in [1.54, 1.807) is 11.4 Å². The van der Waals surface area contributed by atoms with Gasteiger partial charge in [0.25, 0.3) is 0 Å². The van der Waals surface area contributed by atoms with Crippen LogP contribution in [0.15, 0.2) is 53.4 Å². The zero-order chi connectivity index (χ0) is 21.8. The highest BCUT2D eigenvalue weighted by molar-refractivity contribution is 7.89. The van der Waals surface area contributed by atoms with Crippen molar-refractivity contribution in [1.29, 1.82) is 0 Å². The van der Waals surface area contributed by atoms with Gasteiger partial charge in [0, 0.05) is 38.8 Å². The number of anilines is 1. The van der Waals surface area contributed by atoms with Crippen LogP contribution in [-0.2, 0) is 10.0 Å². The summed E-state index contributed by atoms with van der Waals surface area (Å²) in [7, 11) is -1.89. The fraction of sp³-hybridized carbons (Fsp3) is 0.478. The highest BCUT2D eigenvalue weighted by Crippen LogP contribution is 2.30. The van der Waals surface area contributed by atoms with Gasteiger partial charge in [-0.05, 0) is 62.2 Å². The molecule has 0 unspecified atom stereocenters. The predicted octanol–water partition coefficient (Wildman–Crippen LogP) is 3.20. The molecule has 0 bridgehead atoms. The van der Waals surface area contributed by atoms with Crippen molar-refractivity contribution in [2.75, 3.05) is 51.3 Å². The molecule has 0 saturated carbocycles. The van der Waals surface area contributed by atoms with E-state index >= 15 is 0 Å². The first-order chi connectivity index (χ1) is 15.0. The minimum absolute atomic E-state index is 0.00213. The maximum absolute atomic E-state index is 13.2. The molecule has 31 heavy (non-hydrogen) atoms. The number of para-hydroxylation sites is 2. The van der Waals surface area contributed by atoms with E-state index in [9.17, 15) is 12.8 Å². The van der Waals surface area contributed by atoms with E-state index in [-0.39, 0.29) is 10.9 Å². The average molecular weight is 448 g/mol. The molecule has 0 spiro atoms. The predicted molar refractivity (Wildman–Crippen MR) is 120 cm³/mol. The second-order valence-corrected chi connectivity index (χ2v) is 10.0. The third kappa shape index (κ3) is 4.86. The molecule has 2 aromatic carbocycles. The summed E-state index contributed by atoms with van der Waals surface area (Å²) in [5.41, 5.74) is 1.12. The number of methoxy groups -OCH3 is 1. The number of nitrogens with zero attached hydrogens (tertiary/aromatic N) is 3. The molecular weight excluding hydrogens is 417 g/mol. The van der Waals surface area contributed by atoms with Crippen LogP contribution >= 0.6 is 0 Å². The largest absolute Gasteiger partial charge is 0.495 e. The van der Waals surface area contributed by atoms with Gasteiger partial charge in [-0.1, -0.05) is 12.1 Å². The zero-order valence-electron chi connectivity index (χ0n) is 17.9. The van der Waals surface area contributed by atoms with E-state index in [1.807, 2.05) is 18.2 Å². The van der Waals surface area contributed by atoms with Gasteiger partial charge in [-0.3, -0.25) is 4.90 Å². The maximum atomic E-state index is 13.2. The molecule has 1 atom stereocenters. The first-order valence-electron chi connectivity index (χ1n) is 10.9. The molecule has 2 aromatic rings. The summed E-state index contributed by atoms with van der Waals surface area (Å²) in [6.07, 6.45) is 2.56. The summed E-state index contributed by atoms with van der Waals surface area (Å²) < 4.78 is 46.4. The Morgan fingerprint density at radius 2 is 1.71 bits per heavy atom. The fourth-order valence-electron chi connectivity index (χ4n) is 4.59. The molecule has 0 radical (unpaired) electrons. The Morgan fingerprint density at radius 3 is 2.42 bits per heavy atom. The topological polar surface area (TPSA) is 53.1 Å². The minimum atomic E-state index is -3.58. The highest BCUT2D eigenvalue weighted by atomic mass is 32.2. The van der Waals surface area contributed by atoms with Crippen molar-refractivity contribution in [2.24, 2.45) is 0 Å². The Hall–Kier alpha value is -2.16. The summed E-state index contributed by atoms with van der Waals surface area (Å²) >= 11 is 0. The number of halogens is 1. The highest BCUT2D eigenvalue weighted by Gasteiger charge is 2.35. The molecule has 0 aliphatic carbocycles. The van der Waals surface area contributed by atoms with Crippen molar-refractivity contribution in [1.82, 2.24) is 9.21 Å². The number of ether oxygens (including phenoxy) is 1. The smallest absolute Gasteiger partial charge is 0.243 e. The zero-order valence-corrected chi connectivity index (χ0v) is 18.7. The van der Waals surface area contributed by atoms with Gasteiger partial charge in [0.1, 0.15) is 11.6 Å². The second-order valence-electron chi connectivity index (χ2n) is 8.15. The van der Waals surface area contributed by atoms with E-state index in [0.717, 1.165) is 63.4 Å². The first kappa shape index (κ1) is 22.0. The monoisotopic (exact) mass is 447 g/mol. The van der Waals surface area contributed by atoms with E-state index in [2.05, 4.69) is 15.9 Å². The third-order valence-corrected chi connectivity index (χ3v) is 8.29. The molecular formula is C23H30FN3O3S. The van der Waals surface area contributed by atoms with Crippen LogP contribution in [0.2, 0.25) is 0 Å². The van der Waals surface area contributed by atoms with Crippen LogP contribution < -0.4 is 9.64 Å². The number of rotatable bonds is 7. The normalized spacial score (nSPS) is 20.8. The van der Waals surface area contributed by atoms with E-state index in [0.29, 0.717) is 6.54 Å². The summed E-state index contributed by atoms with van der Waals surface area (Å²) in [6, 6.07) is 13.2. The number of hydrogen-bond acceptors (Lipinski definition) is 5. The van der Waals surface area contributed by atoms with Crippen molar-refractivity contribution in [3.8, 4) is 5.75 Å². The number of hydrogen-bond donors (Lipinski definition) is 0. The minimum Gasteiger partial charge on any atom is -0.495 e. The van der Waals surface area contributed by atoms with Gasteiger partial charge in [-0.25, -0.2) is 12.8 Å². The molecule has 6 nitrogen and oxygen atoms in total. The van der Waals surface area contributed by atoms with Gasteiger partial charge >= 0.3 is 0 Å². The summed E-state index contributed by atoms with van der Waals surface area (Å²) in [5.74, 6) is 0.465. The molecule has 2 saturated heterocycles. The first-order valence-corrected chi connectivity index (χ1v) is 12.3. The van der Waals surface area contributed by atoms with Gasteiger partial charge in [0.05, 0.1) is 17.7 Å². The molecule has 0 aromatic heterocycles. The van der Waals surface area contributed by atoms with Crippen LogP contribution in [0.4, 0.5) is 10.1 Å². The van der Waals surface area contributed by atoms with Gasteiger partial charge in [0.15, 0.2) is 0 Å². The molecule has 168 valence electrons. The molecule has 2 heterocycles. The van der Waals surface area contributed by atoms with Gasteiger partial charge in [0.2, 0.25) is 10.0 Å². The lowest BCUT2D eigenvalue weighted by Crippen LogP contribution is -2.47. The molecule has 8 heteroatoms. The maximum Gasteiger partial charge on any atom is 0.243 e. The number of benzene rings is 2. The summed E-state index contributed by atoms with van der Waals surface area (Å²) in [5, 5.41) is 0. The lowest BCUT2D eigenvalue weighted by molar-refractivity contribution is 0.231. The quantitative estimate of drug-likeness (QED) is 0.653. The molecule has 4 rings (SSSR count). The molecule has 2 fully saturated rings. The van der Waals surface area contributed by atoms with Crippen LogP contribution in [0, 0.1) is 5.82 Å². The Balaban J connectivity index is 1.33. The molecule has 0 amide bonds. The second kappa shape index (κ2) is 9.54. The van der Waals surface area contributed by atoms with Crippen LogP contribution in [-0.4, -0.2) is 70.0 Å². The number of sulfonamides is 1. The van der Waals surface area contributed by atoms with E-state index in [4.69, 9.17) is 4.74 Å². The lowest BCUT2D eigenvalue weighted by atomic mass is 10.1. The van der Waals surface area contributed by atoms with E-state index in [1.165, 1.54) is 24.3 Å². The van der Waals surface area contributed by atoms with Gasteiger partial charge in [-0.2, -0.15) is 4.31 Å².